The van der Waals surface area contributed by atoms with E-state index in [0.29, 0.717) is 18.8 Å². The molecule has 0 unspecified atom stereocenters. The Morgan fingerprint density at radius 2 is 1.83 bits per heavy atom. The standard InChI is InChI=1S/C20H21N5O3S/c1-14-4-5-15(12-17(14)24-6-2-3-7-24)18(26)22-23-19(27)16-13-29-20(21-16)25-8-10-28-11-9-25/h2-7,12-13H,8-11H2,1H3,(H,22,26)(H,23,27). The number of hydrazine groups is 1. The van der Waals surface area contributed by atoms with E-state index in [1.54, 1.807) is 17.5 Å². The highest BCUT2D eigenvalue weighted by atomic mass is 32.1. The van der Waals surface area contributed by atoms with Gasteiger partial charge in [-0.15, -0.1) is 11.3 Å². The number of aryl methyl sites for hydroxylation is 1. The summed E-state index contributed by atoms with van der Waals surface area (Å²) < 4.78 is 7.27. The molecule has 0 spiro atoms. The number of amides is 2. The topological polar surface area (TPSA) is 88.5 Å². The molecule has 150 valence electrons. The fourth-order valence-electron chi connectivity index (χ4n) is 3.04. The number of morpholine rings is 1. The predicted molar refractivity (Wildman–Crippen MR) is 111 cm³/mol. The minimum atomic E-state index is -0.452. The third-order valence-electron chi connectivity index (χ3n) is 4.65. The van der Waals surface area contributed by atoms with Crippen molar-refractivity contribution in [3.63, 3.8) is 0 Å². The van der Waals surface area contributed by atoms with E-state index in [2.05, 4.69) is 20.7 Å². The van der Waals surface area contributed by atoms with Gasteiger partial charge in [0.15, 0.2) is 5.13 Å². The van der Waals surface area contributed by atoms with E-state index < -0.39 is 11.8 Å². The summed E-state index contributed by atoms with van der Waals surface area (Å²) in [7, 11) is 0. The summed E-state index contributed by atoms with van der Waals surface area (Å²) in [5, 5.41) is 2.46. The molecule has 3 heterocycles. The highest BCUT2D eigenvalue weighted by Crippen LogP contribution is 2.21. The van der Waals surface area contributed by atoms with Crippen molar-refractivity contribution in [1.82, 2.24) is 20.4 Å². The molecule has 2 N–H and O–H groups in total. The third-order valence-corrected chi connectivity index (χ3v) is 5.55. The predicted octanol–water partition coefficient (Wildman–Crippen LogP) is 2.15. The van der Waals surface area contributed by atoms with Gasteiger partial charge in [-0.3, -0.25) is 20.4 Å². The number of anilines is 1. The zero-order valence-corrected chi connectivity index (χ0v) is 16.7. The Morgan fingerprint density at radius 3 is 2.59 bits per heavy atom. The summed E-state index contributed by atoms with van der Waals surface area (Å²) >= 11 is 1.40. The molecule has 1 fully saturated rings. The third kappa shape index (κ3) is 4.30. The Labute approximate surface area is 172 Å². The van der Waals surface area contributed by atoms with Crippen LogP contribution in [0.1, 0.15) is 26.4 Å². The molecule has 2 amide bonds. The van der Waals surface area contributed by atoms with Gasteiger partial charge >= 0.3 is 0 Å². The van der Waals surface area contributed by atoms with Crippen LogP contribution >= 0.6 is 11.3 Å². The van der Waals surface area contributed by atoms with Crippen LogP contribution in [0.25, 0.3) is 5.69 Å². The second kappa shape index (κ2) is 8.46. The molecule has 1 aliphatic rings. The van der Waals surface area contributed by atoms with Crippen LogP contribution in [-0.2, 0) is 4.74 Å². The molecule has 1 saturated heterocycles. The van der Waals surface area contributed by atoms with Gasteiger partial charge in [-0.1, -0.05) is 6.07 Å². The Balaban J connectivity index is 1.39. The lowest BCUT2D eigenvalue weighted by Gasteiger charge is -2.25. The fraction of sp³-hybridized carbons (Fsp3) is 0.250. The molecule has 1 aliphatic heterocycles. The maximum Gasteiger partial charge on any atom is 0.289 e. The maximum atomic E-state index is 12.5. The van der Waals surface area contributed by atoms with Gasteiger partial charge < -0.3 is 14.2 Å². The van der Waals surface area contributed by atoms with Crippen LogP contribution in [0.4, 0.5) is 5.13 Å². The summed E-state index contributed by atoms with van der Waals surface area (Å²) in [5.41, 5.74) is 7.57. The first-order chi connectivity index (χ1) is 14.1. The van der Waals surface area contributed by atoms with Crippen LogP contribution in [0.3, 0.4) is 0 Å². The van der Waals surface area contributed by atoms with Crippen LogP contribution in [-0.4, -0.2) is 47.7 Å². The first-order valence-electron chi connectivity index (χ1n) is 9.25. The van der Waals surface area contributed by atoms with Gasteiger partial charge in [0, 0.05) is 42.1 Å². The second-order valence-corrected chi connectivity index (χ2v) is 7.45. The summed E-state index contributed by atoms with van der Waals surface area (Å²) in [5.74, 6) is -0.845. The molecule has 9 heteroatoms. The van der Waals surface area contributed by atoms with Crippen molar-refractivity contribution in [2.24, 2.45) is 0 Å². The SMILES string of the molecule is Cc1ccc(C(=O)NNC(=O)c2csc(N3CCOCC3)n2)cc1-n1cccc1. The molecule has 29 heavy (non-hydrogen) atoms. The van der Waals surface area contributed by atoms with Gasteiger partial charge in [0.2, 0.25) is 0 Å². The minimum absolute atomic E-state index is 0.272. The summed E-state index contributed by atoms with van der Waals surface area (Å²) in [6, 6.07) is 9.23. The highest BCUT2D eigenvalue weighted by molar-refractivity contribution is 7.13. The largest absolute Gasteiger partial charge is 0.378 e. The molecule has 4 rings (SSSR count). The van der Waals surface area contributed by atoms with Crippen LogP contribution in [0.15, 0.2) is 48.1 Å². The average Bonchev–Trinajstić information content (AvgIpc) is 3.45. The van der Waals surface area contributed by atoms with Gasteiger partial charge in [0.1, 0.15) is 5.69 Å². The Bertz CT molecular complexity index is 1010. The molecular formula is C20H21N5O3S. The lowest BCUT2D eigenvalue weighted by atomic mass is 10.1. The number of thiazole rings is 1. The maximum absolute atomic E-state index is 12.5. The summed E-state index contributed by atoms with van der Waals surface area (Å²) in [4.78, 5) is 31.3. The Morgan fingerprint density at radius 1 is 1.10 bits per heavy atom. The number of nitrogens with zero attached hydrogens (tertiary/aromatic N) is 3. The van der Waals surface area contributed by atoms with Gasteiger partial charge in [0.25, 0.3) is 11.8 Å². The van der Waals surface area contributed by atoms with Crippen molar-refractivity contribution in [2.45, 2.75) is 6.92 Å². The summed E-state index contributed by atoms with van der Waals surface area (Å²) in [6.45, 7) is 4.79. The normalized spacial score (nSPS) is 13.9. The van der Waals surface area contributed by atoms with E-state index >= 15 is 0 Å². The van der Waals surface area contributed by atoms with Crippen molar-refractivity contribution in [3.05, 3.63) is 64.9 Å². The van der Waals surface area contributed by atoms with Gasteiger partial charge in [-0.25, -0.2) is 4.98 Å². The molecule has 0 bridgehead atoms. The second-order valence-electron chi connectivity index (χ2n) is 6.61. The van der Waals surface area contributed by atoms with E-state index in [1.165, 1.54) is 11.3 Å². The smallest absolute Gasteiger partial charge is 0.289 e. The fourth-order valence-corrected chi connectivity index (χ4v) is 3.90. The lowest BCUT2D eigenvalue weighted by molar-refractivity contribution is 0.0844. The monoisotopic (exact) mass is 411 g/mol. The number of ether oxygens (including phenoxy) is 1. The van der Waals surface area contributed by atoms with Crippen molar-refractivity contribution in [1.29, 1.82) is 0 Å². The first kappa shape index (κ1) is 19.2. The van der Waals surface area contributed by atoms with Gasteiger partial charge in [-0.05, 0) is 36.8 Å². The number of hydrogen-bond donors (Lipinski definition) is 2. The first-order valence-corrected chi connectivity index (χ1v) is 10.1. The number of rotatable bonds is 4. The van der Waals surface area contributed by atoms with Crippen LogP contribution < -0.4 is 15.8 Å². The Hall–Kier alpha value is -3.17. The molecule has 2 aromatic heterocycles. The number of aromatic nitrogens is 2. The zero-order valence-electron chi connectivity index (χ0n) is 15.9. The Kier molecular flexibility index (Phi) is 5.59. The molecule has 0 aliphatic carbocycles. The van der Waals surface area contributed by atoms with Crippen molar-refractivity contribution >= 4 is 28.3 Å². The van der Waals surface area contributed by atoms with Gasteiger partial charge in [0.05, 0.1) is 13.2 Å². The number of benzene rings is 1. The molecule has 0 atom stereocenters. The van der Waals surface area contributed by atoms with Crippen molar-refractivity contribution < 1.29 is 14.3 Å². The van der Waals surface area contributed by atoms with E-state index in [-0.39, 0.29) is 5.69 Å². The molecule has 0 radical (unpaired) electrons. The van der Waals surface area contributed by atoms with E-state index in [4.69, 9.17) is 4.74 Å². The molecular weight excluding hydrogens is 390 g/mol. The number of hydrogen-bond acceptors (Lipinski definition) is 6. The molecule has 0 saturated carbocycles. The molecule has 8 nitrogen and oxygen atoms in total. The van der Waals surface area contributed by atoms with Crippen LogP contribution in [0.2, 0.25) is 0 Å². The van der Waals surface area contributed by atoms with Crippen molar-refractivity contribution in [3.8, 4) is 5.69 Å². The zero-order chi connectivity index (χ0) is 20.2. The van der Waals surface area contributed by atoms with Gasteiger partial charge in [-0.2, -0.15) is 0 Å². The highest BCUT2D eigenvalue weighted by Gasteiger charge is 2.18. The number of carbonyl (C=O) groups excluding carboxylic acids is 2. The quantitative estimate of drug-likeness (QED) is 0.643. The van der Waals surface area contributed by atoms with E-state index in [9.17, 15) is 9.59 Å². The number of carbonyl (C=O) groups is 2. The van der Waals surface area contributed by atoms with Crippen LogP contribution in [0.5, 0.6) is 0 Å². The molecule has 1 aromatic carbocycles. The molecule has 3 aromatic rings. The van der Waals surface area contributed by atoms with Crippen LogP contribution in [0, 0.1) is 6.92 Å². The lowest BCUT2D eigenvalue weighted by Crippen LogP contribution is -2.42. The van der Waals surface area contributed by atoms with E-state index in [0.717, 1.165) is 29.5 Å². The van der Waals surface area contributed by atoms with E-state index in [1.807, 2.05) is 42.1 Å². The summed E-state index contributed by atoms with van der Waals surface area (Å²) in [6.07, 6.45) is 3.83. The number of nitrogens with one attached hydrogen (secondary N) is 2. The van der Waals surface area contributed by atoms with Crippen molar-refractivity contribution in [2.75, 3.05) is 31.2 Å². The average molecular weight is 411 g/mol. The minimum Gasteiger partial charge on any atom is -0.378 e.